The monoisotopic (exact) mass is 1860 g/mol. The van der Waals surface area contributed by atoms with E-state index < -0.39 is 48.6 Å². The zero-order chi connectivity index (χ0) is 94.2. The van der Waals surface area contributed by atoms with Gasteiger partial charge in [0.05, 0.1) is 142 Å². The molecule has 6 heterocycles. The Morgan fingerprint density at radius 1 is 0.488 bits per heavy atom. The van der Waals surface area contributed by atoms with Crippen molar-refractivity contribution in [1.82, 2.24) is 91.7 Å². The molecule has 0 aliphatic heterocycles. The SMILES string of the molecule is CCOC(=O)CN=C=O.CCOC(=O)CNC(=O)Nc1ncc(C#N)cn1.COc1cccc([C@H](C)N)c1.COc1cccc([C@H](C)NC(=O)CNC(=O)Nc2ncc(C#N)cn2)c1.COc1cccc([C@H](C)NC(=O)CNC(=O)Nc2ncc(C(=N)N)cn2)c1.N#Cc1cnc(N)nc1.N#Cc1cnc(NC(=O)NCC(=O)O)nc1.Nc1ncc(Br)cn1.[C-]#N.[Cu+]. The van der Waals surface area contributed by atoms with Gasteiger partial charge in [-0.25, -0.2) is 83.8 Å². The number of rotatable bonds is 25. The van der Waals surface area contributed by atoms with E-state index in [1.165, 1.54) is 68.0 Å². The summed E-state index contributed by atoms with van der Waals surface area (Å²) >= 11 is 3.16. The average molecular weight is 1860 g/mol. The van der Waals surface area contributed by atoms with Crippen molar-refractivity contribution in [1.29, 1.82) is 31.7 Å². The first-order valence-electron chi connectivity index (χ1n) is 35.6. The predicted octanol–water partition coefficient (Wildman–Crippen LogP) is 4.16. The van der Waals surface area contributed by atoms with Gasteiger partial charge in [0, 0.05) is 30.8 Å². The molecule has 0 unspecified atom stereocenters. The van der Waals surface area contributed by atoms with E-state index in [2.05, 4.69) is 143 Å². The number of ether oxygens (including phenoxy) is 5. The molecule has 0 radical (unpaired) electrons. The molecule has 49 nitrogen and oxygen atoms in total. The topological polar surface area (TPSA) is 771 Å². The number of nitrogens with zero attached hydrogens (tertiary/aromatic N) is 18. The van der Waals surface area contributed by atoms with Crippen LogP contribution < -0.4 is 90.3 Å². The van der Waals surface area contributed by atoms with Gasteiger partial charge < -0.3 is 95.5 Å². The second-order valence-corrected chi connectivity index (χ2v) is 23.9. The predicted molar refractivity (Wildman–Crippen MR) is 450 cm³/mol. The van der Waals surface area contributed by atoms with E-state index in [9.17, 15) is 47.9 Å². The number of carboxylic acids is 1. The first kappa shape index (κ1) is 110. The van der Waals surface area contributed by atoms with E-state index in [1.807, 2.05) is 118 Å². The molecule has 10 amide bonds. The Kier molecular flexibility index (Phi) is 56.0. The molecule has 9 rings (SSSR count). The number of carboxylic acid groups (broad SMARTS) is 1. The van der Waals surface area contributed by atoms with Crippen LogP contribution in [0.5, 0.6) is 17.2 Å². The maximum Gasteiger partial charge on any atom is 1.00 e. The summed E-state index contributed by atoms with van der Waals surface area (Å²) in [6, 6.07) is 26.9. The maximum absolute atomic E-state index is 12.0. The Labute approximate surface area is 744 Å². The number of benzene rings is 3. The van der Waals surface area contributed by atoms with Crippen LogP contribution in [0.3, 0.4) is 0 Å². The second-order valence-electron chi connectivity index (χ2n) is 23.0. The number of carbonyl (C=O) groups excluding carboxylic acids is 9. The van der Waals surface area contributed by atoms with Crippen LogP contribution in [-0.4, -0.2) is 198 Å². The van der Waals surface area contributed by atoms with Crippen LogP contribution in [0.4, 0.5) is 54.9 Å². The fourth-order valence-corrected chi connectivity index (χ4v) is 8.03. The Morgan fingerprint density at radius 2 is 0.787 bits per heavy atom. The third kappa shape index (κ3) is 50.5. The number of nitrogens with two attached hydrogens (primary N) is 4. The number of isocyanates is 1. The minimum Gasteiger partial charge on any atom is -0.512 e. The number of halogens is 1. The molecule has 127 heavy (non-hydrogen) atoms. The molecular weight excluding hydrogens is 1770 g/mol. The summed E-state index contributed by atoms with van der Waals surface area (Å²) in [6.07, 6.45) is 17.4. The Balaban J connectivity index is 0.00000148. The van der Waals surface area contributed by atoms with Crippen molar-refractivity contribution in [3.8, 4) is 41.5 Å². The zero-order valence-electron chi connectivity index (χ0n) is 68.6. The number of amidine groups is 1. The summed E-state index contributed by atoms with van der Waals surface area (Å²) in [5.74, 6) is -0.235. The molecule has 0 fully saturated rings. The Bertz CT molecular complexity index is 5180. The molecule has 0 bridgehead atoms. The van der Waals surface area contributed by atoms with Gasteiger partial charge in [0.25, 0.3) is 0 Å². The number of esters is 2. The van der Waals surface area contributed by atoms with Crippen molar-refractivity contribution in [2.75, 3.05) is 100 Å². The molecule has 51 heteroatoms. The molecule has 6 aromatic heterocycles. The number of carbonyl (C=O) groups is 9. The van der Waals surface area contributed by atoms with Crippen molar-refractivity contribution >= 4 is 117 Å². The number of aromatic nitrogens is 12. The molecule has 0 spiro atoms. The van der Waals surface area contributed by atoms with Crippen LogP contribution in [0.25, 0.3) is 0 Å². The normalized spacial score (nSPS) is 9.86. The first-order valence-corrected chi connectivity index (χ1v) is 36.4. The van der Waals surface area contributed by atoms with E-state index in [-0.39, 0.29) is 132 Å². The number of hydrogen-bond donors (Lipinski definition) is 16. The summed E-state index contributed by atoms with van der Waals surface area (Å²) in [4.78, 5) is 158. The summed E-state index contributed by atoms with van der Waals surface area (Å²) in [6.45, 7) is 12.9. The number of amides is 10. The summed E-state index contributed by atoms with van der Waals surface area (Å²) in [5, 5.41) is 79.7. The molecular formula is C76H85BrCuN33O16. The van der Waals surface area contributed by atoms with Gasteiger partial charge in [0.2, 0.25) is 53.6 Å². The number of urea groups is 4. The average Bonchev–Trinajstić information content (AvgIpc) is 0.861. The second kappa shape index (κ2) is 64.7. The van der Waals surface area contributed by atoms with Crippen LogP contribution in [0.15, 0.2) is 157 Å². The van der Waals surface area contributed by atoms with Gasteiger partial charge >= 0.3 is 59.1 Å². The van der Waals surface area contributed by atoms with Crippen molar-refractivity contribution < 1.29 is 93.8 Å². The Morgan fingerprint density at radius 3 is 1.09 bits per heavy atom. The van der Waals surface area contributed by atoms with E-state index in [4.69, 9.17) is 80.5 Å². The van der Waals surface area contributed by atoms with E-state index in [1.54, 1.807) is 47.6 Å². The standard InChI is InChI=1S/C17H21N7O3.C17H18N6O3.C10H11N5O3.C9H13NO.C8H7N5O3.C5H4N4.C5H7NO3.C4H4BrN3.CN.Cu/c1-10(11-4-3-5-13(6-11)27-2)23-14(25)9-22-17(26)24-16-20-7-12(8-21-16)15(18)19;1-11(13-4-3-5-14(6-13)26-2)22-15(24)10-21-17(25)23-16-19-8-12(7-18)9-20-16;1-2-18-8(16)6-14-10(17)15-9-12-4-7(3-11)5-13-9;1-7(10)8-4-3-5-9(6-8)11-2;9-1-5-2-10-7(11-3-5)13-8(16)12-4-6(14)15;6-1-4-2-8-5(7)9-3-4;1-2-9-5(8)3-6-4-7;5-3-1-7-4(6)8-2-3;1-2;/h3-8,10H,9H2,1-2H3,(H3,18,19)(H,23,25)(H2,20,21,22,24,26);3-6,8-9,11H,10H2,1-2H3,(H,22,24)(H2,19,20,21,23,25);4-5H,2,6H2,1H3,(H2,12,13,14,15,17);3-7H,10H2,1-2H3;2-3H,4H2,(H,14,15)(H2,10,11,12,13,16);2-3H,(H2,7,8,9);2-3H2,1H3;1-2H,(H2,6,7,8);;/q;;;;;;;;-1;+1/t10-;11-;;7-;;;;;;/m00.0....../s1. The number of aliphatic imine (C=N–C) groups is 1. The molecule has 20 N–H and O–H groups in total. The van der Waals surface area contributed by atoms with Crippen molar-refractivity contribution in [2.45, 2.75) is 52.7 Å². The fraction of sp³-hybridized carbons (Fsp3) is 0.237. The number of nitrogen functional groups attached to an aromatic ring is 3. The molecule has 0 aliphatic rings. The number of anilines is 6. The molecule has 0 aliphatic carbocycles. The number of nitrogens with one attached hydrogen (secondary N) is 11. The summed E-state index contributed by atoms with van der Waals surface area (Å²) in [5.41, 5.74) is 25.8. The van der Waals surface area contributed by atoms with Gasteiger partial charge in [-0.1, -0.05) is 36.4 Å². The van der Waals surface area contributed by atoms with Gasteiger partial charge in [-0.05, 0) is 104 Å². The number of aliphatic carboxylic acids is 1. The minimum absolute atomic E-state index is 0. The summed E-state index contributed by atoms with van der Waals surface area (Å²) in [7, 11) is 4.80. The molecule has 9 aromatic rings. The van der Waals surface area contributed by atoms with Crippen molar-refractivity contribution in [3.05, 3.63) is 203 Å². The van der Waals surface area contributed by atoms with Gasteiger partial charge in [-0.2, -0.15) is 26.0 Å². The minimum atomic E-state index is -1.16. The van der Waals surface area contributed by atoms with Crippen LogP contribution >= 0.6 is 15.9 Å². The molecule has 668 valence electrons. The fourth-order valence-electron chi connectivity index (χ4n) is 7.83. The van der Waals surface area contributed by atoms with E-state index in [0.717, 1.165) is 26.9 Å². The van der Waals surface area contributed by atoms with Gasteiger partial charge in [0.1, 0.15) is 67.0 Å². The van der Waals surface area contributed by atoms with Gasteiger partial charge in [0.15, 0.2) is 0 Å². The quantitative estimate of drug-likeness (QED) is 0.00954. The van der Waals surface area contributed by atoms with Crippen LogP contribution in [0, 0.1) is 62.6 Å². The van der Waals surface area contributed by atoms with E-state index in [0.29, 0.717) is 35.2 Å². The molecule has 0 saturated carbocycles. The molecule has 0 saturated heterocycles. The Hall–Kier alpha value is -17.2. The zero-order valence-corrected chi connectivity index (χ0v) is 71.2. The third-order valence-electron chi connectivity index (χ3n) is 13.7. The largest absolute Gasteiger partial charge is 1.00 e. The maximum atomic E-state index is 12.0. The van der Waals surface area contributed by atoms with Crippen LogP contribution in [0.1, 0.15) is 97.3 Å². The summed E-state index contributed by atoms with van der Waals surface area (Å²) < 4.78 is 25.3. The molecule has 3 atom stereocenters. The third-order valence-corrected chi connectivity index (χ3v) is 14.1. The van der Waals surface area contributed by atoms with Crippen LogP contribution in [0.2, 0.25) is 0 Å². The number of nitriles is 4. The number of hydrogen-bond acceptors (Lipinski definition) is 37. The van der Waals surface area contributed by atoms with E-state index >= 15 is 0 Å². The van der Waals surface area contributed by atoms with Crippen molar-refractivity contribution in [3.63, 3.8) is 0 Å². The van der Waals surface area contributed by atoms with Gasteiger partial charge in [-0.15, -0.1) is 0 Å². The van der Waals surface area contributed by atoms with Crippen molar-refractivity contribution in [2.24, 2.45) is 16.5 Å². The molecule has 3 aromatic carbocycles. The van der Waals surface area contributed by atoms with Crippen LogP contribution in [-0.2, 0) is 55.3 Å². The first-order chi connectivity index (χ1) is 60.3. The number of methoxy groups -OCH3 is 3. The van der Waals surface area contributed by atoms with Gasteiger partial charge in [-0.3, -0.25) is 50.6 Å². The smallest absolute Gasteiger partial charge is 0.512 e.